The molecule has 23 heavy (non-hydrogen) atoms. The Hall–Kier alpha value is -1.62. The summed E-state index contributed by atoms with van der Waals surface area (Å²) in [4.78, 5) is 5.57. The largest absolute Gasteiger partial charge is 0.454 e. The number of fused-ring (bicyclic) bond motifs is 2. The Labute approximate surface area is 143 Å². The van der Waals surface area contributed by atoms with Crippen molar-refractivity contribution >= 4 is 22.9 Å². The monoisotopic (exact) mass is 332 g/mol. The van der Waals surface area contributed by atoms with Gasteiger partial charge in [0.15, 0.2) is 11.5 Å². The van der Waals surface area contributed by atoms with Crippen molar-refractivity contribution in [3.8, 4) is 11.5 Å². The first kappa shape index (κ1) is 16.2. The van der Waals surface area contributed by atoms with E-state index in [1.165, 1.54) is 31.2 Å². The van der Waals surface area contributed by atoms with Crippen LogP contribution in [0.1, 0.15) is 50.2 Å². The second kappa shape index (κ2) is 7.77. The van der Waals surface area contributed by atoms with Crippen molar-refractivity contribution in [1.82, 2.24) is 5.32 Å². The molecule has 2 aliphatic rings. The Bertz CT molecular complexity index is 613. The zero-order valence-electron chi connectivity index (χ0n) is 13.7. The maximum absolute atomic E-state index is 5.49. The summed E-state index contributed by atoms with van der Waals surface area (Å²) in [5.74, 6) is 1.67. The second-order valence-corrected chi connectivity index (χ2v) is 6.52. The summed E-state index contributed by atoms with van der Waals surface area (Å²) in [5, 5.41) is 3.37. The molecule has 1 aromatic carbocycles. The minimum atomic E-state index is 0.308. The average molecular weight is 332 g/mol. The molecule has 0 unspecified atom stereocenters. The minimum absolute atomic E-state index is 0.308. The van der Waals surface area contributed by atoms with Crippen LogP contribution in [0.25, 0.3) is 0 Å². The SMILES string of the molecule is CCCCCCNC(=S)CC1=NCCc2cc3c(cc21)OCO3. The first-order valence-corrected chi connectivity index (χ1v) is 8.91. The molecule has 0 aromatic heterocycles. The quantitative estimate of drug-likeness (QED) is 0.611. The van der Waals surface area contributed by atoms with Crippen LogP contribution in [-0.2, 0) is 6.42 Å². The third-order valence-electron chi connectivity index (χ3n) is 4.27. The molecular formula is C18H24N2O2S. The van der Waals surface area contributed by atoms with Crippen molar-refractivity contribution in [3.05, 3.63) is 23.3 Å². The molecule has 0 radical (unpaired) electrons. The molecule has 124 valence electrons. The highest BCUT2D eigenvalue weighted by Crippen LogP contribution is 2.36. The number of nitrogens with one attached hydrogen (secondary N) is 1. The standard InChI is InChI=1S/C18H24N2O2S/c1-2-3-4-5-7-20-18(23)11-15-14-10-17-16(21-12-22-17)9-13(14)6-8-19-15/h9-10H,2-8,11-12H2,1H3,(H,20,23). The lowest BCUT2D eigenvalue weighted by atomic mass is 9.95. The van der Waals surface area contributed by atoms with E-state index in [9.17, 15) is 0 Å². The van der Waals surface area contributed by atoms with E-state index in [1.54, 1.807) is 0 Å². The van der Waals surface area contributed by atoms with Crippen molar-refractivity contribution in [1.29, 1.82) is 0 Å². The van der Waals surface area contributed by atoms with Crippen molar-refractivity contribution < 1.29 is 9.47 Å². The zero-order valence-corrected chi connectivity index (χ0v) is 14.5. The average Bonchev–Trinajstić information content (AvgIpc) is 3.00. The van der Waals surface area contributed by atoms with Gasteiger partial charge in [-0.05, 0) is 30.5 Å². The van der Waals surface area contributed by atoms with Gasteiger partial charge in [-0.15, -0.1) is 0 Å². The van der Waals surface area contributed by atoms with Crippen LogP contribution in [0.4, 0.5) is 0 Å². The molecule has 4 nitrogen and oxygen atoms in total. The molecule has 0 aliphatic carbocycles. The molecule has 0 saturated heterocycles. The van der Waals surface area contributed by atoms with Crippen LogP contribution in [0.3, 0.4) is 0 Å². The zero-order chi connectivity index (χ0) is 16.1. The van der Waals surface area contributed by atoms with Gasteiger partial charge >= 0.3 is 0 Å². The van der Waals surface area contributed by atoms with Crippen LogP contribution >= 0.6 is 12.2 Å². The molecule has 5 heteroatoms. The van der Waals surface area contributed by atoms with Crippen LogP contribution in [-0.4, -0.2) is 30.6 Å². The fourth-order valence-electron chi connectivity index (χ4n) is 3.00. The topological polar surface area (TPSA) is 42.9 Å². The van der Waals surface area contributed by atoms with Gasteiger partial charge in [-0.1, -0.05) is 38.4 Å². The summed E-state index contributed by atoms with van der Waals surface area (Å²) in [6, 6.07) is 4.15. The fourth-order valence-corrected chi connectivity index (χ4v) is 3.24. The number of aliphatic imine (C=N–C) groups is 1. The molecule has 0 spiro atoms. The van der Waals surface area contributed by atoms with E-state index < -0.39 is 0 Å². The lowest BCUT2D eigenvalue weighted by molar-refractivity contribution is 0.174. The molecule has 2 aliphatic heterocycles. The summed E-state index contributed by atoms with van der Waals surface area (Å²) in [5.41, 5.74) is 3.51. The highest BCUT2D eigenvalue weighted by Gasteiger charge is 2.22. The van der Waals surface area contributed by atoms with Crippen LogP contribution in [0.5, 0.6) is 11.5 Å². The Morgan fingerprint density at radius 3 is 2.87 bits per heavy atom. The maximum atomic E-state index is 5.49. The van der Waals surface area contributed by atoms with Gasteiger partial charge in [0.1, 0.15) is 0 Å². The molecular weight excluding hydrogens is 308 g/mol. The lowest BCUT2D eigenvalue weighted by Gasteiger charge is -2.18. The van der Waals surface area contributed by atoms with Gasteiger partial charge in [-0.25, -0.2) is 0 Å². The molecule has 0 atom stereocenters. The summed E-state index contributed by atoms with van der Waals surface area (Å²) in [6.45, 7) is 4.31. The highest BCUT2D eigenvalue weighted by atomic mass is 32.1. The minimum Gasteiger partial charge on any atom is -0.454 e. The van der Waals surface area contributed by atoms with E-state index in [4.69, 9.17) is 21.7 Å². The van der Waals surface area contributed by atoms with Crippen LogP contribution in [0.2, 0.25) is 0 Å². The highest BCUT2D eigenvalue weighted by molar-refractivity contribution is 7.80. The molecule has 0 saturated carbocycles. The van der Waals surface area contributed by atoms with Crippen LogP contribution < -0.4 is 14.8 Å². The van der Waals surface area contributed by atoms with E-state index in [1.807, 2.05) is 0 Å². The number of hydrogen-bond acceptors (Lipinski definition) is 4. The normalized spacial score (nSPS) is 15.1. The number of unbranched alkanes of at least 4 members (excludes halogenated alkanes) is 3. The third-order valence-corrected chi connectivity index (χ3v) is 4.56. The van der Waals surface area contributed by atoms with Gasteiger partial charge < -0.3 is 14.8 Å². The summed E-state index contributed by atoms with van der Waals surface area (Å²) in [6.07, 6.45) is 6.65. The Kier molecular flexibility index (Phi) is 5.49. The van der Waals surface area contributed by atoms with Gasteiger partial charge in [0, 0.05) is 30.8 Å². The van der Waals surface area contributed by atoms with Gasteiger partial charge in [0.2, 0.25) is 6.79 Å². The van der Waals surface area contributed by atoms with Gasteiger partial charge in [-0.2, -0.15) is 0 Å². The lowest BCUT2D eigenvalue weighted by Crippen LogP contribution is -2.26. The van der Waals surface area contributed by atoms with Crippen molar-refractivity contribution in [2.75, 3.05) is 19.9 Å². The number of thiocarbonyl (C=S) groups is 1. The maximum Gasteiger partial charge on any atom is 0.231 e. The van der Waals surface area contributed by atoms with Gasteiger partial charge in [0.25, 0.3) is 0 Å². The third kappa shape index (κ3) is 4.02. The first-order chi connectivity index (χ1) is 11.3. The molecule has 0 fully saturated rings. The fraction of sp³-hybridized carbons (Fsp3) is 0.556. The van der Waals surface area contributed by atoms with E-state index in [-0.39, 0.29) is 0 Å². The van der Waals surface area contributed by atoms with Crippen molar-refractivity contribution in [2.24, 2.45) is 4.99 Å². The molecule has 3 rings (SSSR count). The van der Waals surface area contributed by atoms with Crippen LogP contribution in [0, 0.1) is 0 Å². The van der Waals surface area contributed by atoms with Gasteiger partial charge in [-0.3, -0.25) is 4.99 Å². The van der Waals surface area contributed by atoms with E-state index in [2.05, 4.69) is 29.4 Å². The van der Waals surface area contributed by atoms with Crippen LogP contribution in [0.15, 0.2) is 17.1 Å². The van der Waals surface area contributed by atoms with E-state index in [0.29, 0.717) is 13.2 Å². The summed E-state index contributed by atoms with van der Waals surface area (Å²) >= 11 is 5.49. The number of benzene rings is 1. The number of ether oxygens (including phenoxy) is 2. The molecule has 2 heterocycles. The Balaban J connectivity index is 1.59. The number of rotatable bonds is 7. The molecule has 1 aromatic rings. The van der Waals surface area contributed by atoms with Gasteiger partial charge in [0.05, 0.1) is 4.99 Å². The predicted octanol–water partition coefficient (Wildman–Crippen LogP) is 3.65. The predicted molar refractivity (Wildman–Crippen MR) is 97.0 cm³/mol. The van der Waals surface area contributed by atoms with Crippen molar-refractivity contribution in [2.45, 2.75) is 45.4 Å². The Morgan fingerprint density at radius 2 is 2.04 bits per heavy atom. The Morgan fingerprint density at radius 1 is 1.22 bits per heavy atom. The van der Waals surface area contributed by atoms with E-state index in [0.717, 1.165) is 47.3 Å². The number of hydrogen-bond donors (Lipinski definition) is 1. The molecule has 0 bridgehead atoms. The molecule has 1 N–H and O–H groups in total. The molecule has 0 amide bonds. The van der Waals surface area contributed by atoms with E-state index >= 15 is 0 Å². The summed E-state index contributed by atoms with van der Waals surface area (Å²) in [7, 11) is 0. The summed E-state index contributed by atoms with van der Waals surface area (Å²) < 4.78 is 11.0. The smallest absolute Gasteiger partial charge is 0.231 e. The second-order valence-electron chi connectivity index (χ2n) is 6.03. The van der Waals surface area contributed by atoms with Crippen molar-refractivity contribution in [3.63, 3.8) is 0 Å². The first-order valence-electron chi connectivity index (χ1n) is 8.51. The number of nitrogens with zero attached hydrogens (tertiary/aromatic N) is 1.